The molecule has 2 N–H and O–H groups in total. The summed E-state index contributed by atoms with van der Waals surface area (Å²) in [6, 6.07) is 5.68. The third-order valence-corrected chi connectivity index (χ3v) is 3.50. The van der Waals surface area contributed by atoms with Crippen LogP contribution >= 0.6 is 11.6 Å². The predicted molar refractivity (Wildman–Crippen MR) is 62.7 cm³/mol. The fraction of sp³-hybridized carbons (Fsp3) is 0.500. The fourth-order valence-electron chi connectivity index (χ4n) is 2.34. The van der Waals surface area contributed by atoms with E-state index < -0.39 is 0 Å². The van der Waals surface area contributed by atoms with Crippen LogP contribution in [0.4, 0.5) is 5.69 Å². The first-order chi connectivity index (χ1) is 7.31. The van der Waals surface area contributed by atoms with E-state index in [4.69, 9.17) is 16.8 Å². The Morgan fingerprint density at radius 3 is 2.53 bits per heavy atom. The van der Waals surface area contributed by atoms with E-state index in [0.717, 1.165) is 5.02 Å². The molecule has 0 unspecified atom stereocenters. The first kappa shape index (κ1) is 10.8. The van der Waals surface area contributed by atoms with Gasteiger partial charge in [-0.2, -0.15) is 0 Å². The Labute approximate surface area is 95.2 Å². The standard InChI is InChI=1S/C12H16ClNO/c13-12-8-10(14-15)6-7-11(12)9-4-2-1-3-5-9/h6-9,14-15H,1-5H2. The van der Waals surface area contributed by atoms with Crippen LogP contribution < -0.4 is 5.48 Å². The van der Waals surface area contributed by atoms with Gasteiger partial charge in [0.25, 0.3) is 0 Å². The number of hydrogen-bond acceptors (Lipinski definition) is 2. The highest BCUT2D eigenvalue weighted by Crippen LogP contribution is 2.37. The molecule has 0 atom stereocenters. The van der Waals surface area contributed by atoms with Crippen LogP contribution in [0, 0.1) is 0 Å². The number of benzene rings is 1. The Hall–Kier alpha value is -0.730. The van der Waals surface area contributed by atoms with Crippen LogP contribution in [0.5, 0.6) is 0 Å². The zero-order valence-corrected chi connectivity index (χ0v) is 9.43. The molecule has 0 radical (unpaired) electrons. The van der Waals surface area contributed by atoms with Gasteiger partial charge in [-0.15, -0.1) is 0 Å². The Balaban J connectivity index is 2.19. The molecule has 0 spiro atoms. The molecular formula is C12H16ClNO. The molecule has 1 aromatic rings. The van der Waals surface area contributed by atoms with Gasteiger partial charge in [-0.25, -0.2) is 0 Å². The monoisotopic (exact) mass is 225 g/mol. The van der Waals surface area contributed by atoms with Crippen LogP contribution in [0.1, 0.15) is 43.6 Å². The van der Waals surface area contributed by atoms with Gasteiger partial charge in [0.15, 0.2) is 0 Å². The lowest BCUT2D eigenvalue weighted by Crippen LogP contribution is -2.05. The van der Waals surface area contributed by atoms with E-state index in [1.54, 1.807) is 6.07 Å². The Bertz CT molecular complexity index is 334. The third-order valence-electron chi connectivity index (χ3n) is 3.17. The first-order valence-corrected chi connectivity index (χ1v) is 5.88. The molecule has 2 rings (SSSR count). The molecule has 0 aromatic heterocycles. The van der Waals surface area contributed by atoms with E-state index in [9.17, 15) is 0 Å². The minimum absolute atomic E-state index is 0.610. The van der Waals surface area contributed by atoms with Crippen molar-refractivity contribution in [3.63, 3.8) is 0 Å². The quantitative estimate of drug-likeness (QED) is 0.740. The molecule has 1 fully saturated rings. The molecule has 2 nitrogen and oxygen atoms in total. The van der Waals surface area contributed by atoms with Crippen LogP contribution in [-0.4, -0.2) is 5.21 Å². The van der Waals surface area contributed by atoms with Crippen molar-refractivity contribution in [2.24, 2.45) is 0 Å². The van der Waals surface area contributed by atoms with Crippen LogP contribution in [0.3, 0.4) is 0 Å². The summed E-state index contributed by atoms with van der Waals surface area (Å²) in [5.74, 6) is 0.610. The smallest absolute Gasteiger partial charge is 0.0617 e. The largest absolute Gasteiger partial charge is 0.291 e. The van der Waals surface area contributed by atoms with E-state index in [2.05, 4.69) is 5.48 Å². The molecule has 1 saturated carbocycles. The molecule has 0 bridgehead atoms. The van der Waals surface area contributed by atoms with E-state index >= 15 is 0 Å². The molecule has 82 valence electrons. The molecule has 1 aliphatic carbocycles. The minimum atomic E-state index is 0.610. The second-order valence-electron chi connectivity index (χ2n) is 4.18. The average molecular weight is 226 g/mol. The van der Waals surface area contributed by atoms with E-state index in [1.165, 1.54) is 37.7 Å². The molecule has 3 heteroatoms. The van der Waals surface area contributed by atoms with Crippen LogP contribution in [0.25, 0.3) is 0 Å². The zero-order valence-electron chi connectivity index (χ0n) is 8.67. The summed E-state index contributed by atoms with van der Waals surface area (Å²) in [5, 5.41) is 9.52. The van der Waals surface area contributed by atoms with Gasteiger partial charge in [0, 0.05) is 5.02 Å². The van der Waals surface area contributed by atoms with Crippen molar-refractivity contribution in [2.45, 2.75) is 38.0 Å². The summed E-state index contributed by atoms with van der Waals surface area (Å²) >= 11 is 6.19. The lowest BCUT2D eigenvalue weighted by molar-refractivity contribution is 0.389. The molecule has 0 saturated heterocycles. The van der Waals surface area contributed by atoms with Crippen LogP contribution in [-0.2, 0) is 0 Å². The van der Waals surface area contributed by atoms with Crippen LogP contribution in [0.15, 0.2) is 18.2 Å². The average Bonchev–Trinajstić information content (AvgIpc) is 2.30. The Kier molecular flexibility index (Phi) is 3.49. The fourth-order valence-corrected chi connectivity index (χ4v) is 2.68. The summed E-state index contributed by atoms with van der Waals surface area (Å²) < 4.78 is 0. The SMILES string of the molecule is ONc1ccc(C2CCCCC2)c(Cl)c1. The van der Waals surface area contributed by atoms with E-state index in [-0.39, 0.29) is 0 Å². The number of anilines is 1. The van der Waals surface area contributed by atoms with E-state index in [1.807, 2.05) is 12.1 Å². The minimum Gasteiger partial charge on any atom is -0.291 e. The predicted octanol–water partition coefficient (Wildman–Crippen LogP) is 4.19. The van der Waals surface area contributed by atoms with Crippen molar-refractivity contribution in [3.8, 4) is 0 Å². The molecule has 1 aliphatic rings. The maximum atomic E-state index is 8.75. The van der Waals surface area contributed by atoms with Crippen molar-refractivity contribution in [3.05, 3.63) is 28.8 Å². The molecular weight excluding hydrogens is 210 g/mol. The van der Waals surface area contributed by atoms with Gasteiger partial charge in [-0.3, -0.25) is 10.7 Å². The summed E-state index contributed by atoms with van der Waals surface area (Å²) in [5.41, 5.74) is 4.00. The van der Waals surface area contributed by atoms with Gasteiger partial charge in [0.2, 0.25) is 0 Å². The Morgan fingerprint density at radius 2 is 1.93 bits per heavy atom. The molecule has 0 aliphatic heterocycles. The normalized spacial score (nSPS) is 17.7. The summed E-state index contributed by atoms with van der Waals surface area (Å²) in [6.45, 7) is 0. The van der Waals surface area contributed by atoms with E-state index in [0.29, 0.717) is 11.6 Å². The number of hydrogen-bond donors (Lipinski definition) is 2. The van der Waals surface area contributed by atoms with Crippen molar-refractivity contribution < 1.29 is 5.21 Å². The van der Waals surface area contributed by atoms with Gasteiger partial charge < -0.3 is 0 Å². The van der Waals surface area contributed by atoms with Crippen molar-refractivity contribution >= 4 is 17.3 Å². The van der Waals surface area contributed by atoms with Crippen molar-refractivity contribution in [1.29, 1.82) is 0 Å². The van der Waals surface area contributed by atoms with Crippen molar-refractivity contribution in [2.75, 3.05) is 5.48 Å². The second kappa shape index (κ2) is 4.86. The molecule has 15 heavy (non-hydrogen) atoms. The molecule has 1 aromatic carbocycles. The lowest BCUT2D eigenvalue weighted by atomic mass is 9.84. The number of nitrogens with one attached hydrogen (secondary N) is 1. The summed E-state index contributed by atoms with van der Waals surface area (Å²) in [4.78, 5) is 0. The summed E-state index contributed by atoms with van der Waals surface area (Å²) in [6.07, 6.45) is 6.45. The molecule has 0 heterocycles. The van der Waals surface area contributed by atoms with Gasteiger partial charge in [-0.05, 0) is 36.5 Å². The molecule has 0 amide bonds. The highest BCUT2D eigenvalue weighted by Gasteiger charge is 2.17. The Morgan fingerprint density at radius 1 is 1.20 bits per heavy atom. The number of halogens is 1. The van der Waals surface area contributed by atoms with Gasteiger partial charge in [-0.1, -0.05) is 36.9 Å². The van der Waals surface area contributed by atoms with Gasteiger partial charge >= 0.3 is 0 Å². The lowest BCUT2D eigenvalue weighted by Gasteiger charge is -2.23. The third kappa shape index (κ3) is 2.44. The van der Waals surface area contributed by atoms with Gasteiger partial charge in [0.1, 0.15) is 0 Å². The maximum absolute atomic E-state index is 8.75. The topological polar surface area (TPSA) is 32.3 Å². The highest BCUT2D eigenvalue weighted by molar-refractivity contribution is 6.31. The summed E-state index contributed by atoms with van der Waals surface area (Å²) in [7, 11) is 0. The second-order valence-corrected chi connectivity index (χ2v) is 4.59. The highest BCUT2D eigenvalue weighted by atomic mass is 35.5. The first-order valence-electron chi connectivity index (χ1n) is 5.51. The van der Waals surface area contributed by atoms with Crippen molar-refractivity contribution in [1.82, 2.24) is 0 Å². The van der Waals surface area contributed by atoms with Gasteiger partial charge in [0.05, 0.1) is 5.69 Å². The zero-order chi connectivity index (χ0) is 10.7. The number of rotatable bonds is 2. The maximum Gasteiger partial charge on any atom is 0.0617 e. The van der Waals surface area contributed by atoms with Crippen LogP contribution in [0.2, 0.25) is 5.02 Å².